The lowest BCUT2D eigenvalue weighted by atomic mass is 10.1. The molecule has 3 rings (SSSR count). The second-order valence-corrected chi connectivity index (χ2v) is 6.02. The molecule has 0 spiro atoms. The average molecular weight is 355 g/mol. The number of carbonyl (C=O) groups is 1. The van der Waals surface area contributed by atoms with Crippen molar-refractivity contribution in [3.63, 3.8) is 0 Å². The van der Waals surface area contributed by atoms with Crippen LogP contribution in [0.3, 0.4) is 0 Å². The second kappa shape index (κ2) is 7.88. The number of aromatic nitrogens is 1. The monoisotopic (exact) mass is 355 g/mol. The van der Waals surface area contributed by atoms with Gasteiger partial charge in [-0.25, -0.2) is 0 Å². The Hall–Kier alpha value is -3.06. The van der Waals surface area contributed by atoms with E-state index in [1.165, 1.54) is 6.26 Å². The minimum absolute atomic E-state index is 0.0151. The summed E-state index contributed by atoms with van der Waals surface area (Å²) in [6, 6.07) is 12.8. The smallest absolute Gasteiger partial charge is 0.273 e. The van der Waals surface area contributed by atoms with Crippen LogP contribution in [0.15, 0.2) is 57.7 Å². The van der Waals surface area contributed by atoms with Crippen LogP contribution >= 0.6 is 0 Å². The maximum absolute atomic E-state index is 12.4. The zero-order valence-electron chi connectivity index (χ0n) is 14.9. The van der Waals surface area contributed by atoms with Gasteiger partial charge in [-0.1, -0.05) is 17.3 Å². The number of benzene rings is 1. The molecule has 1 unspecified atom stereocenters. The molecule has 3 aromatic rings. The Morgan fingerprint density at radius 3 is 2.62 bits per heavy atom. The summed E-state index contributed by atoms with van der Waals surface area (Å²) in [5, 5.41) is 6.71. The van der Waals surface area contributed by atoms with Gasteiger partial charge in [-0.3, -0.25) is 4.79 Å². The SMILES string of the molecule is COc1ccc(C(CNC(=O)c2cc(-c3ccco3)on2)N(C)C)cc1. The first-order valence-electron chi connectivity index (χ1n) is 8.17. The van der Waals surface area contributed by atoms with Gasteiger partial charge in [0, 0.05) is 12.6 Å². The van der Waals surface area contributed by atoms with Crippen LogP contribution in [-0.2, 0) is 0 Å². The van der Waals surface area contributed by atoms with Crippen molar-refractivity contribution >= 4 is 5.91 Å². The van der Waals surface area contributed by atoms with E-state index < -0.39 is 0 Å². The van der Waals surface area contributed by atoms with E-state index >= 15 is 0 Å². The molecule has 7 nitrogen and oxygen atoms in total. The normalized spacial score (nSPS) is 12.2. The average Bonchev–Trinajstić information content (AvgIpc) is 3.33. The van der Waals surface area contributed by atoms with Crippen molar-refractivity contribution in [1.29, 1.82) is 0 Å². The third kappa shape index (κ3) is 3.94. The van der Waals surface area contributed by atoms with Crippen LogP contribution in [-0.4, -0.2) is 43.7 Å². The summed E-state index contributed by atoms with van der Waals surface area (Å²) in [4.78, 5) is 14.4. The number of hydrogen-bond acceptors (Lipinski definition) is 6. The Morgan fingerprint density at radius 2 is 2.00 bits per heavy atom. The molecule has 2 heterocycles. The highest BCUT2D eigenvalue weighted by atomic mass is 16.5. The fourth-order valence-electron chi connectivity index (χ4n) is 2.62. The van der Waals surface area contributed by atoms with Crippen molar-refractivity contribution in [2.45, 2.75) is 6.04 Å². The maximum Gasteiger partial charge on any atom is 0.273 e. The molecule has 0 aliphatic heterocycles. The van der Waals surface area contributed by atoms with Crippen LogP contribution in [0, 0.1) is 0 Å². The summed E-state index contributed by atoms with van der Waals surface area (Å²) in [6.07, 6.45) is 1.54. The summed E-state index contributed by atoms with van der Waals surface area (Å²) in [5.41, 5.74) is 1.29. The number of furan rings is 1. The molecule has 0 radical (unpaired) electrons. The van der Waals surface area contributed by atoms with Gasteiger partial charge in [0.05, 0.1) is 19.4 Å². The molecule has 2 aromatic heterocycles. The number of methoxy groups -OCH3 is 1. The van der Waals surface area contributed by atoms with Gasteiger partial charge < -0.3 is 23.9 Å². The predicted molar refractivity (Wildman–Crippen MR) is 96.0 cm³/mol. The van der Waals surface area contributed by atoms with E-state index in [1.807, 2.05) is 43.3 Å². The lowest BCUT2D eigenvalue weighted by Crippen LogP contribution is -2.34. The Kier molecular flexibility index (Phi) is 5.38. The first-order chi connectivity index (χ1) is 12.6. The number of ether oxygens (including phenoxy) is 1. The Morgan fingerprint density at radius 1 is 1.23 bits per heavy atom. The molecule has 1 amide bonds. The number of hydrogen-bond donors (Lipinski definition) is 1. The molecule has 0 aliphatic rings. The first-order valence-corrected chi connectivity index (χ1v) is 8.17. The number of likely N-dealkylation sites (N-methyl/N-ethyl adjacent to an activating group) is 1. The standard InChI is InChI=1S/C19H21N3O4/c1-22(2)16(13-6-8-14(24-3)9-7-13)12-20-19(23)15-11-18(26-21-15)17-5-4-10-25-17/h4-11,16H,12H2,1-3H3,(H,20,23). The van der Waals surface area contributed by atoms with E-state index in [-0.39, 0.29) is 17.6 Å². The Bertz CT molecular complexity index is 838. The number of carbonyl (C=O) groups excluding carboxylic acids is 1. The van der Waals surface area contributed by atoms with Crippen molar-refractivity contribution in [3.8, 4) is 17.3 Å². The first kappa shape index (κ1) is 17.8. The molecule has 0 aliphatic carbocycles. The minimum Gasteiger partial charge on any atom is -0.497 e. The largest absolute Gasteiger partial charge is 0.497 e. The molecule has 0 fully saturated rings. The van der Waals surface area contributed by atoms with Crippen molar-refractivity contribution in [3.05, 3.63) is 60.0 Å². The fraction of sp³-hybridized carbons (Fsp3) is 0.263. The van der Waals surface area contributed by atoms with E-state index in [2.05, 4.69) is 10.5 Å². The van der Waals surface area contributed by atoms with Gasteiger partial charge in [-0.05, 0) is 43.9 Å². The quantitative estimate of drug-likeness (QED) is 0.702. The van der Waals surface area contributed by atoms with Crippen LogP contribution in [0.25, 0.3) is 11.5 Å². The number of rotatable bonds is 7. The van der Waals surface area contributed by atoms with Crippen LogP contribution < -0.4 is 10.1 Å². The van der Waals surface area contributed by atoms with E-state index in [0.29, 0.717) is 18.1 Å². The van der Waals surface area contributed by atoms with E-state index in [1.54, 1.807) is 25.3 Å². The molecule has 1 aromatic carbocycles. The zero-order chi connectivity index (χ0) is 18.5. The molecule has 136 valence electrons. The third-order valence-electron chi connectivity index (χ3n) is 4.09. The lowest BCUT2D eigenvalue weighted by molar-refractivity contribution is 0.0933. The topological polar surface area (TPSA) is 80.7 Å². The predicted octanol–water partition coefficient (Wildman–Crippen LogP) is 2.98. The van der Waals surface area contributed by atoms with Crippen LogP contribution in [0.4, 0.5) is 0 Å². The fourth-order valence-corrected chi connectivity index (χ4v) is 2.62. The molecule has 26 heavy (non-hydrogen) atoms. The molecule has 0 saturated heterocycles. The zero-order valence-corrected chi connectivity index (χ0v) is 14.9. The van der Waals surface area contributed by atoms with Gasteiger partial charge in [0.15, 0.2) is 11.5 Å². The second-order valence-electron chi connectivity index (χ2n) is 6.02. The van der Waals surface area contributed by atoms with Crippen LogP contribution in [0.2, 0.25) is 0 Å². The highest BCUT2D eigenvalue weighted by molar-refractivity contribution is 5.92. The van der Waals surface area contributed by atoms with Gasteiger partial charge in [-0.15, -0.1) is 0 Å². The summed E-state index contributed by atoms with van der Waals surface area (Å²) < 4.78 is 15.6. The van der Waals surface area contributed by atoms with Crippen molar-refractivity contribution in [2.75, 3.05) is 27.7 Å². The van der Waals surface area contributed by atoms with Crippen LogP contribution in [0.1, 0.15) is 22.1 Å². The highest BCUT2D eigenvalue weighted by Crippen LogP contribution is 2.22. The molecule has 0 bridgehead atoms. The molecular weight excluding hydrogens is 334 g/mol. The van der Waals surface area contributed by atoms with Crippen LogP contribution in [0.5, 0.6) is 5.75 Å². The van der Waals surface area contributed by atoms with Gasteiger partial charge in [-0.2, -0.15) is 0 Å². The summed E-state index contributed by atoms with van der Waals surface area (Å²) >= 11 is 0. The molecule has 0 saturated carbocycles. The maximum atomic E-state index is 12.4. The highest BCUT2D eigenvalue weighted by Gasteiger charge is 2.19. The van der Waals surface area contributed by atoms with Gasteiger partial charge in [0.1, 0.15) is 5.75 Å². The van der Waals surface area contributed by atoms with E-state index in [9.17, 15) is 4.79 Å². The molecule has 1 atom stereocenters. The van der Waals surface area contributed by atoms with Gasteiger partial charge in [0.2, 0.25) is 5.76 Å². The molecule has 7 heteroatoms. The summed E-state index contributed by atoms with van der Waals surface area (Å²) in [6.45, 7) is 0.432. The summed E-state index contributed by atoms with van der Waals surface area (Å²) in [5.74, 6) is 1.44. The lowest BCUT2D eigenvalue weighted by Gasteiger charge is -2.25. The third-order valence-corrected chi connectivity index (χ3v) is 4.09. The van der Waals surface area contributed by atoms with E-state index in [4.69, 9.17) is 13.7 Å². The number of nitrogens with one attached hydrogen (secondary N) is 1. The van der Waals surface area contributed by atoms with Crippen molar-refractivity contribution in [2.24, 2.45) is 0 Å². The minimum atomic E-state index is -0.299. The Balaban J connectivity index is 1.66. The van der Waals surface area contributed by atoms with Crippen molar-refractivity contribution in [1.82, 2.24) is 15.4 Å². The van der Waals surface area contributed by atoms with Crippen molar-refractivity contribution < 1.29 is 18.5 Å². The van der Waals surface area contributed by atoms with Gasteiger partial charge >= 0.3 is 0 Å². The van der Waals surface area contributed by atoms with Gasteiger partial charge in [0.25, 0.3) is 5.91 Å². The van der Waals surface area contributed by atoms with E-state index in [0.717, 1.165) is 11.3 Å². The molecular formula is C19H21N3O4. The number of nitrogens with zero attached hydrogens (tertiary/aromatic N) is 2. The Labute approximate surface area is 151 Å². The number of amides is 1. The molecule has 1 N–H and O–H groups in total. The summed E-state index contributed by atoms with van der Waals surface area (Å²) in [7, 11) is 5.56.